The summed E-state index contributed by atoms with van der Waals surface area (Å²) in [6.45, 7) is 0.519. The van der Waals surface area contributed by atoms with Crippen molar-refractivity contribution < 1.29 is 26.4 Å². The molecule has 1 amide bonds. The first-order valence-electron chi connectivity index (χ1n) is 8.67. The molecule has 1 aromatic heterocycles. The number of sulfonamides is 1. The monoisotopic (exact) mass is 447 g/mol. The summed E-state index contributed by atoms with van der Waals surface area (Å²) in [5, 5.41) is 0.258. The normalized spacial score (nSPS) is 16.1. The first kappa shape index (κ1) is 21.5. The Morgan fingerprint density at radius 3 is 2.38 bits per heavy atom. The van der Waals surface area contributed by atoms with Gasteiger partial charge in [0.1, 0.15) is 5.15 Å². The Morgan fingerprint density at radius 2 is 1.79 bits per heavy atom. The molecular weight excluding hydrogens is 431 g/mol. The first-order valence-corrected chi connectivity index (χ1v) is 10.5. The van der Waals surface area contributed by atoms with Crippen LogP contribution in [-0.2, 0) is 16.2 Å². The lowest BCUT2D eigenvalue weighted by molar-refractivity contribution is -0.139. The van der Waals surface area contributed by atoms with E-state index in [4.69, 9.17) is 11.6 Å². The fraction of sp³-hybridized carbons (Fsp3) is 0.333. The van der Waals surface area contributed by atoms with E-state index in [1.54, 1.807) is 11.0 Å². The zero-order valence-electron chi connectivity index (χ0n) is 15.0. The lowest BCUT2D eigenvalue weighted by Gasteiger charge is -2.32. The molecule has 0 saturated carbocycles. The van der Waals surface area contributed by atoms with Crippen molar-refractivity contribution in [2.45, 2.75) is 30.0 Å². The number of nitrogens with one attached hydrogen (secondary N) is 1. The maximum absolute atomic E-state index is 13.1. The Labute approximate surface area is 170 Å². The van der Waals surface area contributed by atoms with Crippen molar-refractivity contribution in [2.24, 2.45) is 0 Å². The molecule has 0 unspecified atom stereocenters. The average Bonchev–Trinajstić information content (AvgIpc) is 2.68. The second-order valence-corrected chi connectivity index (χ2v) is 8.62. The number of benzene rings is 1. The number of piperidine rings is 1. The number of pyridine rings is 1. The summed E-state index contributed by atoms with van der Waals surface area (Å²) in [4.78, 5) is 17.0. The van der Waals surface area contributed by atoms with E-state index in [-0.39, 0.29) is 37.0 Å². The van der Waals surface area contributed by atoms with Crippen molar-refractivity contribution in [3.63, 3.8) is 0 Å². The number of hydrogen-bond acceptors (Lipinski definition) is 4. The first-order chi connectivity index (χ1) is 13.6. The van der Waals surface area contributed by atoms with Crippen molar-refractivity contribution in [2.75, 3.05) is 13.1 Å². The number of likely N-dealkylation sites (tertiary alicyclic amines) is 1. The van der Waals surface area contributed by atoms with Crippen molar-refractivity contribution in [3.05, 3.63) is 58.9 Å². The van der Waals surface area contributed by atoms with E-state index < -0.39 is 32.7 Å². The zero-order valence-corrected chi connectivity index (χ0v) is 16.6. The van der Waals surface area contributed by atoms with Crippen molar-refractivity contribution >= 4 is 27.5 Å². The van der Waals surface area contributed by atoms with Gasteiger partial charge in [0.05, 0.1) is 16.0 Å². The molecule has 0 atom stereocenters. The van der Waals surface area contributed by atoms with E-state index in [0.29, 0.717) is 5.56 Å². The summed E-state index contributed by atoms with van der Waals surface area (Å²) in [5.41, 5.74) is -0.858. The maximum Gasteiger partial charge on any atom is 0.417 e. The number of alkyl halides is 3. The molecule has 0 bridgehead atoms. The van der Waals surface area contributed by atoms with Gasteiger partial charge in [-0.3, -0.25) is 4.79 Å². The Hall–Kier alpha value is -2.17. The number of rotatable bonds is 4. The molecule has 3 rings (SSSR count). The van der Waals surface area contributed by atoms with Gasteiger partial charge in [0.25, 0.3) is 5.91 Å². The lowest BCUT2D eigenvalue weighted by Crippen LogP contribution is -2.46. The van der Waals surface area contributed by atoms with Crippen LogP contribution in [-0.4, -0.2) is 43.3 Å². The molecule has 156 valence electrons. The van der Waals surface area contributed by atoms with Gasteiger partial charge in [0, 0.05) is 25.3 Å². The molecule has 1 aliphatic rings. The predicted octanol–water partition coefficient (Wildman–Crippen LogP) is 3.34. The molecule has 1 fully saturated rings. The van der Waals surface area contributed by atoms with Crippen LogP contribution in [0.15, 0.2) is 47.5 Å². The average molecular weight is 448 g/mol. The molecule has 2 heterocycles. The van der Waals surface area contributed by atoms with Crippen LogP contribution in [0.2, 0.25) is 5.15 Å². The van der Waals surface area contributed by atoms with Gasteiger partial charge in [-0.15, -0.1) is 0 Å². The number of hydrogen-bond donors (Lipinski definition) is 1. The fourth-order valence-corrected chi connectivity index (χ4v) is 4.75. The van der Waals surface area contributed by atoms with Crippen LogP contribution in [0.1, 0.15) is 28.8 Å². The van der Waals surface area contributed by atoms with E-state index in [1.165, 1.54) is 18.3 Å². The molecule has 29 heavy (non-hydrogen) atoms. The van der Waals surface area contributed by atoms with Crippen LogP contribution in [0.4, 0.5) is 13.2 Å². The van der Waals surface area contributed by atoms with E-state index in [0.717, 1.165) is 18.2 Å². The third-order valence-electron chi connectivity index (χ3n) is 4.56. The molecular formula is C18H17ClF3N3O3S. The van der Waals surface area contributed by atoms with Crippen LogP contribution in [0.25, 0.3) is 0 Å². The number of aromatic nitrogens is 1. The number of amides is 1. The van der Waals surface area contributed by atoms with Gasteiger partial charge in [-0.1, -0.05) is 23.7 Å². The second-order valence-electron chi connectivity index (χ2n) is 6.55. The molecule has 1 saturated heterocycles. The molecule has 0 spiro atoms. The minimum absolute atomic E-state index is 0.258. The summed E-state index contributed by atoms with van der Waals surface area (Å²) < 4.78 is 66.8. The van der Waals surface area contributed by atoms with Crippen molar-refractivity contribution in [1.29, 1.82) is 0 Å². The highest BCUT2D eigenvalue weighted by Crippen LogP contribution is 2.34. The molecule has 11 heteroatoms. The second kappa shape index (κ2) is 8.29. The van der Waals surface area contributed by atoms with Gasteiger partial charge in [-0.05, 0) is 37.1 Å². The minimum Gasteiger partial charge on any atom is -0.338 e. The third-order valence-corrected chi connectivity index (χ3v) is 6.36. The lowest BCUT2D eigenvalue weighted by atomic mass is 10.1. The van der Waals surface area contributed by atoms with Gasteiger partial charge < -0.3 is 4.90 Å². The zero-order chi connectivity index (χ0) is 21.2. The van der Waals surface area contributed by atoms with Gasteiger partial charge >= 0.3 is 6.18 Å². The Kier molecular flexibility index (Phi) is 6.16. The molecule has 6 nitrogen and oxygen atoms in total. The number of carbonyl (C=O) groups is 1. The van der Waals surface area contributed by atoms with Gasteiger partial charge in [0.15, 0.2) is 0 Å². The van der Waals surface area contributed by atoms with E-state index in [2.05, 4.69) is 9.71 Å². The van der Waals surface area contributed by atoms with E-state index in [1.807, 2.05) is 0 Å². The van der Waals surface area contributed by atoms with Gasteiger partial charge in [0.2, 0.25) is 10.0 Å². The Bertz CT molecular complexity index is 989. The highest BCUT2D eigenvalue weighted by Gasteiger charge is 2.37. The highest BCUT2D eigenvalue weighted by molar-refractivity contribution is 7.89. The topological polar surface area (TPSA) is 79.4 Å². The van der Waals surface area contributed by atoms with E-state index in [9.17, 15) is 26.4 Å². The Balaban J connectivity index is 1.66. The molecule has 0 aliphatic carbocycles. The number of nitrogens with zero attached hydrogens (tertiary/aromatic N) is 2. The largest absolute Gasteiger partial charge is 0.417 e. The van der Waals surface area contributed by atoms with Crippen LogP contribution >= 0.6 is 11.6 Å². The summed E-state index contributed by atoms with van der Waals surface area (Å²) in [6.07, 6.45) is -2.87. The third kappa shape index (κ3) is 5.06. The number of halogens is 4. The smallest absolute Gasteiger partial charge is 0.338 e. The highest BCUT2D eigenvalue weighted by atomic mass is 35.5. The van der Waals surface area contributed by atoms with Crippen LogP contribution < -0.4 is 4.72 Å². The standard InChI is InChI=1S/C18H17ClF3N3O3S/c19-16-6-5-12(11-23-16)17(26)25-9-7-13(8-10-25)24-29(27,28)15-4-2-1-3-14(15)18(20,21)22/h1-6,11,13,24H,7-10H2. The summed E-state index contributed by atoms with van der Waals surface area (Å²) in [6, 6.07) is 6.50. The number of carbonyl (C=O) groups excluding carboxylic acids is 1. The maximum atomic E-state index is 13.1. The molecule has 1 N–H and O–H groups in total. The van der Waals surface area contributed by atoms with Gasteiger partial charge in [-0.25, -0.2) is 18.1 Å². The summed E-state index contributed by atoms with van der Waals surface area (Å²) >= 11 is 5.70. The minimum atomic E-state index is -4.78. The molecule has 0 radical (unpaired) electrons. The van der Waals surface area contributed by atoms with Crippen LogP contribution in [0.3, 0.4) is 0 Å². The molecule has 1 aliphatic heterocycles. The van der Waals surface area contributed by atoms with Crippen LogP contribution in [0.5, 0.6) is 0 Å². The predicted molar refractivity (Wildman–Crippen MR) is 99.9 cm³/mol. The van der Waals surface area contributed by atoms with Gasteiger partial charge in [-0.2, -0.15) is 13.2 Å². The molecule has 1 aromatic carbocycles. The molecule has 2 aromatic rings. The Morgan fingerprint density at radius 1 is 1.14 bits per heavy atom. The van der Waals surface area contributed by atoms with Crippen molar-refractivity contribution in [1.82, 2.24) is 14.6 Å². The summed E-state index contributed by atoms with van der Waals surface area (Å²) in [5.74, 6) is -0.266. The summed E-state index contributed by atoms with van der Waals surface area (Å²) in [7, 11) is -4.37. The van der Waals surface area contributed by atoms with Crippen LogP contribution in [0, 0.1) is 0 Å². The van der Waals surface area contributed by atoms with Crippen molar-refractivity contribution in [3.8, 4) is 0 Å². The fourth-order valence-electron chi connectivity index (χ4n) is 3.10. The van der Waals surface area contributed by atoms with E-state index >= 15 is 0 Å². The SMILES string of the molecule is O=C(c1ccc(Cl)nc1)N1CCC(NS(=O)(=O)c2ccccc2C(F)(F)F)CC1. The quantitative estimate of drug-likeness (QED) is 0.729.